The smallest absolute Gasteiger partial charge is 0.405 e. The van der Waals surface area contributed by atoms with Crippen LogP contribution in [0.2, 0.25) is 0 Å². The van der Waals surface area contributed by atoms with Gasteiger partial charge in [0.1, 0.15) is 5.54 Å². The van der Waals surface area contributed by atoms with E-state index < -0.39 is 11.6 Å². The zero-order valence-electron chi connectivity index (χ0n) is 4.72. The number of hydrogen-bond donors (Lipinski definition) is 2. The van der Waals surface area contributed by atoms with Gasteiger partial charge < -0.3 is 10.4 Å². The molecule has 1 amide bonds. The van der Waals surface area contributed by atoms with Gasteiger partial charge in [-0.2, -0.15) is 5.26 Å². The van der Waals surface area contributed by atoms with Crippen molar-refractivity contribution < 1.29 is 9.90 Å². The van der Waals surface area contributed by atoms with Crippen LogP contribution in [0.5, 0.6) is 0 Å². The van der Waals surface area contributed by atoms with Crippen LogP contribution in [0.25, 0.3) is 0 Å². The van der Waals surface area contributed by atoms with E-state index in [4.69, 9.17) is 10.4 Å². The molecule has 1 saturated carbocycles. The highest BCUT2D eigenvalue weighted by molar-refractivity contribution is 5.67. The van der Waals surface area contributed by atoms with Crippen molar-refractivity contribution in [2.75, 3.05) is 0 Å². The number of nitrogens with one attached hydrogen (secondary N) is 1. The van der Waals surface area contributed by atoms with E-state index in [2.05, 4.69) is 5.32 Å². The summed E-state index contributed by atoms with van der Waals surface area (Å²) in [4.78, 5) is 9.95. The predicted molar refractivity (Wildman–Crippen MR) is 28.7 cm³/mol. The molecule has 0 atom stereocenters. The molecule has 2 N–H and O–H groups in total. The monoisotopic (exact) mass is 126 g/mol. The molecule has 0 aromatic carbocycles. The fraction of sp³-hybridized carbons (Fsp3) is 0.600. The topological polar surface area (TPSA) is 73.1 Å². The largest absolute Gasteiger partial charge is 0.465 e. The van der Waals surface area contributed by atoms with Crippen LogP contribution in [-0.2, 0) is 0 Å². The van der Waals surface area contributed by atoms with Gasteiger partial charge in [0.05, 0.1) is 6.07 Å². The first-order chi connectivity index (χ1) is 4.18. The van der Waals surface area contributed by atoms with Gasteiger partial charge in [-0.15, -0.1) is 0 Å². The average Bonchev–Trinajstić information content (AvgIpc) is 2.48. The second-order valence-corrected chi connectivity index (χ2v) is 2.12. The van der Waals surface area contributed by atoms with Crippen LogP contribution in [0, 0.1) is 11.3 Å². The summed E-state index contributed by atoms with van der Waals surface area (Å²) in [5.41, 5.74) is -0.730. The number of carboxylic acid groups (broad SMARTS) is 1. The van der Waals surface area contributed by atoms with Crippen LogP contribution < -0.4 is 5.32 Å². The average molecular weight is 126 g/mol. The van der Waals surface area contributed by atoms with Crippen molar-refractivity contribution in [3.05, 3.63) is 0 Å². The summed E-state index contributed by atoms with van der Waals surface area (Å²) >= 11 is 0. The Morgan fingerprint density at radius 3 is 2.44 bits per heavy atom. The van der Waals surface area contributed by atoms with Crippen molar-refractivity contribution >= 4 is 6.09 Å². The van der Waals surface area contributed by atoms with Crippen molar-refractivity contribution in [3.63, 3.8) is 0 Å². The van der Waals surface area contributed by atoms with Crippen LogP contribution in [0.3, 0.4) is 0 Å². The summed E-state index contributed by atoms with van der Waals surface area (Å²) in [6.07, 6.45) is 0.181. The van der Waals surface area contributed by atoms with Gasteiger partial charge in [0.2, 0.25) is 0 Å². The number of amides is 1. The quantitative estimate of drug-likeness (QED) is 0.531. The molecule has 9 heavy (non-hydrogen) atoms. The molecular formula is C5H6N2O2. The minimum absolute atomic E-state index is 0.649. The number of carbonyl (C=O) groups is 1. The van der Waals surface area contributed by atoms with Gasteiger partial charge in [0.15, 0.2) is 0 Å². The maximum Gasteiger partial charge on any atom is 0.405 e. The minimum atomic E-state index is -1.12. The van der Waals surface area contributed by atoms with E-state index in [1.54, 1.807) is 0 Å². The van der Waals surface area contributed by atoms with E-state index in [1.165, 1.54) is 0 Å². The molecule has 4 nitrogen and oxygen atoms in total. The van der Waals surface area contributed by atoms with Gasteiger partial charge >= 0.3 is 6.09 Å². The Morgan fingerprint density at radius 2 is 2.33 bits per heavy atom. The maximum absolute atomic E-state index is 9.95. The van der Waals surface area contributed by atoms with Crippen molar-refractivity contribution in [1.82, 2.24) is 5.32 Å². The fourth-order valence-corrected chi connectivity index (χ4v) is 0.594. The molecule has 1 fully saturated rings. The molecule has 48 valence electrons. The van der Waals surface area contributed by atoms with Gasteiger partial charge in [-0.3, -0.25) is 0 Å². The highest BCUT2D eigenvalue weighted by Gasteiger charge is 2.44. The van der Waals surface area contributed by atoms with Crippen molar-refractivity contribution in [1.29, 1.82) is 5.26 Å². The first-order valence-corrected chi connectivity index (χ1v) is 2.61. The molecule has 0 heterocycles. The molecule has 0 aromatic heterocycles. The molecule has 1 aliphatic rings. The van der Waals surface area contributed by atoms with Crippen molar-refractivity contribution in [2.45, 2.75) is 18.4 Å². The van der Waals surface area contributed by atoms with Gasteiger partial charge in [0.25, 0.3) is 0 Å². The van der Waals surface area contributed by atoms with E-state index in [0.29, 0.717) is 12.8 Å². The molecule has 1 aliphatic carbocycles. The summed E-state index contributed by atoms with van der Waals surface area (Å²) in [6, 6.07) is 1.89. The van der Waals surface area contributed by atoms with Crippen molar-refractivity contribution in [3.8, 4) is 6.07 Å². The van der Waals surface area contributed by atoms with Gasteiger partial charge in [-0.05, 0) is 12.8 Å². The second-order valence-electron chi connectivity index (χ2n) is 2.12. The van der Waals surface area contributed by atoms with Crippen LogP contribution >= 0.6 is 0 Å². The Balaban J connectivity index is 2.45. The molecule has 0 radical (unpaired) electrons. The fourth-order valence-electron chi connectivity index (χ4n) is 0.594. The Bertz CT molecular complexity index is 178. The summed E-state index contributed by atoms with van der Waals surface area (Å²) in [5, 5.41) is 18.6. The molecule has 0 saturated heterocycles. The SMILES string of the molecule is N#CC1(NC(=O)O)CC1. The molecular weight excluding hydrogens is 120 g/mol. The van der Waals surface area contributed by atoms with Gasteiger partial charge in [-0.25, -0.2) is 4.79 Å². The van der Waals surface area contributed by atoms with E-state index in [9.17, 15) is 4.79 Å². The summed E-state index contributed by atoms with van der Waals surface area (Å²) < 4.78 is 0. The Kier molecular flexibility index (Phi) is 1.06. The van der Waals surface area contributed by atoms with E-state index in [1.807, 2.05) is 6.07 Å². The van der Waals surface area contributed by atoms with E-state index in [0.717, 1.165) is 0 Å². The highest BCUT2D eigenvalue weighted by Crippen LogP contribution is 2.33. The minimum Gasteiger partial charge on any atom is -0.465 e. The zero-order valence-corrected chi connectivity index (χ0v) is 4.72. The number of nitriles is 1. The zero-order chi connectivity index (χ0) is 6.91. The summed E-state index contributed by atoms with van der Waals surface area (Å²) in [5.74, 6) is 0. The first-order valence-electron chi connectivity index (χ1n) is 2.61. The molecule has 0 bridgehead atoms. The Hall–Kier alpha value is -1.24. The van der Waals surface area contributed by atoms with Crippen LogP contribution in [0.4, 0.5) is 4.79 Å². The van der Waals surface area contributed by atoms with Gasteiger partial charge in [0, 0.05) is 0 Å². The van der Waals surface area contributed by atoms with Crippen LogP contribution in [-0.4, -0.2) is 16.7 Å². The number of hydrogen-bond acceptors (Lipinski definition) is 2. The first kappa shape index (κ1) is 5.89. The third kappa shape index (κ3) is 1.11. The maximum atomic E-state index is 9.95. The van der Waals surface area contributed by atoms with Crippen LogP contribution in [0.1, 0.15) is 12.8 Å². The predicted octanol–water partition coefficient (Wildman–Crippen LogP) is 0.310. The Labute approximate surface area is 52.1 Å². The molecule has 4 heteroatoms. The number of nitrogens with zero attached hydrogens (tertiary/aromatic N) is 1. The highest BCUT2D eigenvalue weighted by atomic mass is 16.4. The molecule has 1 rings (SSSR count). The Morgan fingerprint density at radius 1 is 1.78 bits per heavy atom. The number of rotatable bonds is 1. The second kappa shape index (κ2) is 1.62. The molecule has 0 spiro atoms. The standard InChI is InChI=1S/C5H6N2O2/c6-3-5(1-2-5)7-4(8)9/h7H,1-2H2,(H,8,9). The lowest BCUT2D eigenvalue weighted by Crippen LogP contribution is -2.33. The molecule has 0 aromatic rings. The molecule has 0 unspecified atom stereocenters. The lowest BCUT2D eigenvalue weighted by atomic mass is 10.3. The third-order valence-corrected chi connectivity index (χ3v) is 1.31. The summed E-state index contributed by atoms with van der Waals surface area (Å²) in [7, 11) is 0. The third-order valence-electron chi connectivity index (χ3n) is 1.31. The van der Waals surface area contributed by atoms with E-state index >= 15 is 0 Å². The van der Waals surface area contributed by atoms with Crippen LogP contribution in [0.15, 0.2) is 0 Å². The normalized spacial score (nSPS) is 19.9. The lowest BCUT2D eigenvalue weighted by Gasteiger charge is -2.01. The summed E-state index contributed by atoms with van der Waals surface area (Å²) in [6.45, 7) is 0. The van der Waals surface area contributed by atoms with Crippen molar-refractivity contribution in [2.24, 2.45) is 0 Å². The van der Waals surface area contributed by atoms with Gasteiger partial charge in [-0.1, -0.05) is 0 Å². The lowest BCUT2D eigenvalue weighted by molar-refractivity contribution is 0.191. The van der Waals surface area contributed by atoms with E-state index in [-0.39, 0.29) is 0 Å². The molecule has 0 aliphatic heterocycles.